The van der Waals surface area contributed by atoms with Crippen molar-refractivity contribution in [2.24, 2.45) is 46.8 Å². The Labute approximate surface area is 162 Å². The number of hydrogen-bond acceptors (Lipinski definition) is 5. The maximum Gasteiger partial charge on any atom is 0.242 e. The van der Waals surface area contributed by atoms with E-state index in [2.05, 4.69) is 20.6 Å². The van der Waals surface area contributed by atoms with Gasteiger partial charge in [-0.15, -0.1) is 10.2 Å². The zero-order chi connectivity index (χ0) is 18.4. The number of carbonyl (C=O) groups excluding carboxylic acids is 2. The van der Waals surface area contributed by atoms with E-state index in [0.717, 1.165) is 25.5 Å². The highest BCUT2D eigenvalue weighted by Gasteiger charge is 3.12. The van der Waals surface area contributed by atoms with Crippen molar-refractivity contribution < 1.29 is 9.59 Å². The molecule has 1 N–H and O–H groups in total. The summed E-state index contributed by atoms with van der Waals surface area (Å²) in [6.07, 6.45) is 5.12. The van der Waals surface area contributed by atoms with Crippen LogP contribution >= 0.6 is 0 Å². The minimum Gasteiger partial charge on any atom is -0.339 e. The SMILES string of the molecule is O=C1CN(C(=O)C23C4C5C2C2C3C4C52c2nn[nH]n2)CCN1CC1CCCC1. The smallest absolute Gasteiger partial charge is 0.242 e. The normalized spacial score (nSPS) is 51.6. The van der Waals surface area contributed by atoms with Crippen LogP contribution in [0.15, 0.2) is 0 Å². The van der Waals surface area contributed by atoms with E-state index < -0.39 is 0 Å². The summed E-state index contributed by atoms with van der Waals surface area (Å²) in [5.41, 5.74) is 0.0736. The third-order valence-electron chi connectivity index (χ3n) is 10.3. The average Bonchev–Trinajstić information content (AvgIpc) is 3.43. The van der Waals surface area contributed by atoms with Crippen molar-refractivity contribution in [1.29, 1.82) is 0 Å². The lowest BCUT2D eigenvalue weighted by Gasteiger charge is -3.09. The van der Waals surface area contributed by atoms with Gasteiger partial charge >= 0.3 is 0 Å². The first kappa shape index (κ1) is 14.9. The summed E-state index contributed by atoms with van der Waals surface area (Å²) < 4.78 is 0. The van der Waals surface area contributed by atoms with Crippen LogP contribution in [0.2, 0.25) is 0 Å². The highest BCUT2D eigenvalue weighted by molar-refractivity contribution is 5.96. The summed E-state index contributed by atoms with van der Waals surface area (Å²) in [5, 5.41) is 14.9. The van der Waals surface area contributed by atoms with Crippen LogP contribution in [-0.4, -0.2) is 68.4 Å². The number of tetrazole rings is 1. The van der Waals surface area contributed by atoms with Crippen LogP contribution in [0.5, 0.6) is 0 Å². The molecule has 2 amide bonds. The Kier molecular flexibility index (Phi) is 2.28. The van der Waals surface area contributed by atoms with E-state index >= 15 is 0 Å². The Morgan fingerprint density at radius 1 is 1.07 bits per heavy atom. The molecule has 0 bridgehead atoms. The number of nitrogens with zero attached hydrogens (tertiary/aromatic N) is 5. The Bertz CT molecular complexity index is 868. The van der Waals surface area contributed by atoms with Crippen molar-refractivity contribution in [2.45, 2.75) is 31.1 Å². The Morgan fingerprint density at radius 3 is 2.39 bits per heavy atom. The van der Waals surface area contributed by atoms with E-state index in [4.69, 9.17) is 0 Å². The maximum absolute atomic E-state index is 13.5. The minimum atomic E-state index is -0.0978. The Balaban J connectivity index is 0.980. The van der Waals surface area contributed by atoms with Crippen LogP contribution in [0.1, 0.15) is 31.5 Å². The van der Waals surface area contributed by atoms with Crippen molar-refractivity contribution in [2.75, 3.05) is 26.2 Å². The van der Waals surface area contributed by atoms with Crippen LogP contribution in [-0.2, 0) is 15.0 Å². The van der Waals surface area contributed by atoms with Gasteiger partial charge < -0.3 is 9.80 Å². The van der Waals surface area contributed by atoms with Gasteiger partial charge in [-0.05, 0) is 54.3 Å². The van der Waals surface area contributed by atoms with Gasteiger partial charge in [0.1, 0.15) is 0 Å². The Morgan fingerprint density at radius 2 is 1.79 bits per heavy atom. The van der Waals surface area contributed by atoms with Crippen LogP contribution < -0.4 is 0 Å². The number of nitrogens with one attached hydrogen (secondary N) is 1. The molecular weight excluding hydrogens is 356 g/mol. The number of amides is 2. The molecule has 1 saturated heterocycles. The number of aromatic amines is 1. The predicted octanol–water partition coefficient (Wildman–Crippen LogP) is 0.0501. The number of carbonyl (C=O) groups is 2. The number of hydrogen-bond donors (Lipinski definition) is 1. The molecule has 0 unspecified atom stereocenters. The minimum absolute atomic E-state index is 0.0978. The number of rotatable bonds is 4. The quantitative estimate of drug-likeness (QED) is 0.796. The molecule has 1 aliphatic heterocycles. The molecule has 0 radical (unpaired) electrons. The van der Waals surface area contributed by atoms with Crippen LogP contribution in [0.25, 0.3) is 0 Å². The van der Waals surface area contributed by atoms with Gasteiger partial charge in [0.15, 0.2) is 5.82 Å². The molecule has 7 aliphatic carbocycles. The van der Waals surface area contributed by atoms with Gasteiger partial charge in [0.2, 0.25) is 11.8 Å². The van der Waals surface area contributed by atoms with Crippen LogP contribution in [0.3, 0.4) is 0 Å². The lowest BCUT2D eigenvalue weighted by Crippen LogP contribution is -3.12. The van der Waals surface area contributed by atoms with Gasteiger partial charge in [-0.25, -0.2) is 0 Å². The molecule has 1 aromatic rings. The molecule has 8 heteroatoms. The predicted molar refractivity (Wildman–Crippen MR) is 94.3 cm³/mol. The molecule has 0 spiro atoms. The van der Waals surface area contributed by atoms with Gasteiger partial charge in [0, 0.05) is 25.0 Å². The molecule has 9 rings (SSSR count). The summed E-state index contributed by atoms with van der Waals surface area (Å²) in [6, 6.07) is 0. The molecule has 28 heavy (non-hydrogen) atoms. The molecule has 7 saturated carbocycles. The van der Waals surface area contributed by atoms with Crippen molar-refractivity contribution in [3.05, 3.63) is 5.82 Å². The molecule has 8 fully saturated rings. The fourth-order valence-corrected chi connectivity index (χ4v) is 9.60. The molecule has 8 nitrogen and oxygen atoms in total. The molecule has 0 aromatic carbocycles. The van der Waals surface area contributed by atoms with Gasteiger partial charge in [0.25, 0.3) is 0 Å². The molecule has 2 heterocycles. The van der Waals surface area contributed by atoms with Gasteiger partial charge in [-0.1, -0.05) is 18.1 Å². The fraction of sp³-hybridized carbons (Fsp3) is 0.850. The second-order valence-corrected chi connectivity index (χ2v) is 10.5. The summed E-state index contributed by atoms with van der Waals surface area (Å²) in [5.74, 6) is 5.44. The second-order valence-electron chi connectivity index (χ2n) is 10.5. The largest absolute Gasteiger partial charge is 0.339 e. The summed E-state index contributed by atoms with van der Waals surface area (Å²) in [6.45, 7) is 2.65. The second kappa shape index (κ2) is 4.28. The molecule has 146 valence electrons. The van der Waals surface area contributed by atoms with Crippen LogP contribution in [0, 0.1) is 46.8 Å². The highest BCUT2D eigenvalue weighted by Crippen LogP contribution is 3.09. The number of piperazine rings is 1. The lowest BCUT2D eigenvalue weighted by atomic mass is 8.92. The van der Waals surface area contributed by atoms with Crippen molar-refractivity contribution in [3.8, 4) is 0 Å². The summed E-state index contributed by atoms with van der Waals surface area (Å²) >= 11 is 0. The van der Waals surface area contributed by atoms with E-state index in [1.807, 2.05) is 9.80 Å². The first-order valence-corrected chi connectivity index (χ1v) is 11.0. The van der Waals surface area contributed by atoms with Crippen molar-refractivity contribution in [3.63, 3.8) is 0 Å². The van der Waals surface area contributed by atoms with Crippen molar-refractivity contribution >= 4 is 11.8 Å². The van der Waals surface area contributed by atoms with E-state index in [0.29, 0.717) is 53.9 Å². The molecular formula is C20H24N6O2. The molecule has 1 aromatic heterocycles. The first-order valence-electron chi connectivity index (χ1n) is 11.0. The third-order valence-corrected chi connectivity index (χ3v) is 10.3. The highest BCUT2D eigenvalue weighted by atomic mass is 16.2. The summed E-state index contributed by atoms with van der Waals surface area (Å²) in [7, 11) is 0. The monoisotopic (exact) mass is 380 g/mol. The van der Waals surface area contributed by atoms with Crippen molar-refractivity contribution in [1.82, 2.24) is 30.4 Å². The fourth-order valence-electron chi connectivity index (χ4n) is 9.60. The van der Waals surface area contributed by atoms with E-state index in [1.54, 1.807) is 0 Å². The zero-order valence-corrected chi connectivity index (χ0v) is 15.8. The Hall–Kier alpha value is -1.99. The zero-order valence-electron chi connectivity index (χ0n) is 15.8. The lowest BCUT2D eigenvalue weighted by molar-refractivity contribution is -0.613. The standard InChI is InChI=1S/C20H24N6O2/c27-10-8-26(6-5-25(10)7-9-3-1-2-4-9)18(28)20-14-11-15(20)13-16(20)12(14)19(11,13)17-21-23-24-22-17/h9,11-16H,1-8H2,(H,21,22,23,24). The summed E-state index contributed by atoms with van der Waals surface area (Å²) in [4.78, 5) is 30.1. The van der Waals surface area contributed by atoms with E-state index in [1.165, 1.54) is 25.7 Å². The third kappa shape index (κ3) is 1.15. The van der Waals surface area contributed by atoms with E-state index in [-0.39, 0.29) is 16.7 Å². The number of aromatic nitrogens is 4. The average molecular weight is 380 g/mol. The maximum atomic E-state index is 13.5. The molecule has 0 atom stereocenters. The number of H-pyrrole nitrogens is 1. The molecule has 8 aliphatic rings. The van der Waals surface area contributed by atoms with Crippen LogP contribution in [0.4, 0.5) is 0 Å². The van der Waals surface area contributed by atoms with Gasteiger partial charge in [0.05, 0.1) is 12.0 Å². The topological polar surface area (TPSA) is 95.1 Å². The van der Waals surface area contributed by atoms with Gasteiger partial charge in [-0.3, -0.25) is 9.59 Å². The van der Waals surface area contributed by atoms with E-state index in [9.17, 15) is 9.59 Å². The van der Waals surface area contributed by atoms with Gasteiger partial charge in [-0.2, -0.15) is 5.21 Å². The first-order chi connectivity index (χ1) is 13.7.